The Bertz CT molecular complexity index is 491. The zero-order chi connectivity index (χ0) is 13.7. The minimum absolute atomic E-state index is 0.325. The van der Waals surface area contributed by atoms with E-state index in [2.05, 4.69) is 0 Å². The monoisotopic (exact) mass is 256 g/mol. The van der Waals surface area contributed by atoms with Crippen molar-refractivity contribution in [3.05, 3.63) is 71.8 Å². The van der Waals surface area contributed by atoms with Gasteiger partial charge in [-0.3, -0.25) is 0 Å². The van der Waals surface area contributed by atoms with Crippen molar-refractivity contribution in [2.75, 3.05) is 0 Å². The quantitative estimate of drug-likeness (QED) is 0.863. The van der Waals surface area contributed by atoms with Gasteiger partial charge in [0.2, 0.25) is 0 Å². The van der Waals surface area contributed by atoms with Gasteiger partial charge in [0.1, 0.15) is 0 Å². The highest BCUT2D eigenvalue weighted by atomic mass is 16.3. The van der Waals surface area contributed by atoms with Crippen molar-refractivity contribution in [2.24, 2.45) is 0 Å². The third kappa shape index (κ3) is 4.19. The van der Waals surface area contributed by atoms with Crippen LogP contribution in [0.4, 0.5) is 0 Å². The molecule has 0 amide bonds. The maximum absolute atomic E-state index is 10.4. The van der Waals surface area contributed by atoms with Gasteiger partial charge < -0.3 is 10.2 Å². The summed E-state index contributed by atoms with van der Waals surface area (Å²) in [4.78, 5) is 0. The summed E-state index contributed by atoms with van der Waals surface area (Å²) in [5.41, 5.74) is 1.000. The van der Waals surface area contributed by atoms with Gasteiger partial charge in [-0.2, -0.15) is 0 Å². The first-order valence-corrected chi connectivity index (χ1v) is 6.56. The van der Waals surface area contributed by atoms with Gasteiger partial charge >= 0.3 is 0 Å². The second-order valence-corrected chi connectivity index (χ2v) is 5.29. The number of aliphatic hydroxyl groups excluding tert-OH is 1. The van der Waals surface area contributed by atoms with Crippen LogP contribution in [-0.4, -0.2) is 15.8 Å². The second kappa shape index (κ2) is 6.00. The SMILES string of the molecule is CC(O)(Cc1ccccc1)CC(O)c1ccccc1. The van der Waals surface area contributed by atoms with Crippen molar-refractivity contribution in [3.63, 3.8) is 0 Å². The molecule has 0 aliphatic heterocycles. The molecule has 0 saturated heterocycles. The van der Waals surface area contributed by atoms with Crippen LogP contribution in [0.15, 0.2) is 60.7 Å². The fraction of sp³-hybridized carbons (Fsp3) is 0.294. The number of benzene rings is 2. The van der Waals surface area contributed by atoms with Crippen LogP contribution in [0.5, 0.6) is 0 Å². The first kappa shape index (κ1) is 13.8. The molecular formula is C17H20O2. The maximum Gasteiger partial charge on any atom is 0.0817 e. The van der Waals surface area contributed by atoms with E-state index >= 15 is 0 Å². The van der Waals surface area contributed by atoms with E-state index in [1.807, 2.05) is 60.7 Å². The molecule has 2 aromatic carbocycles. The Balaban J connectivity index is 2.01. The lowest BCUT2D eigenvalue weighted by atomic mass is 9.89. The predicted molar refractivity (Wildman–Crippen MR) is 76.8 cm³/mol. The van der Waals surface area contributed by atoms with Gasteiger partial charge in [0.05, 0.1) is 11.7 Å². The molecule has 19 heavy (non-hydrogen) atoms. The van der Waals surface area contributed by atoms with E-state index in [1.54, 1.807) is 6.92 Å². The Morgan fingerprint density at radius 3 is 2.05 bits per heavy atom. The number of hydrogen-bond acceptors (Lipinski definition) is 2. The highest BCUT2D eigenvalue weighted by molar-refractivity contribution is 5.19. The maximum atomic E-state index is 10.4. The van der Waals surface area contributed by atoms with Crippen molar-refractivity contribution in [1.29, 1.82) is 0 Å². The smallest absolute Gasteiger partial charge is 0.0817 e. The molecule has 0 radical (unpaired) electrons. The molecule has 0 heterocycles. The average Bonchev–Trinajstić information content (AvgIpc) is 2.39. The zero-order valence-corrected chi connectivity index (χ0v) is 11.2. The van der Waals surface area contributed by atoms with E-state index < -0.39 is 11.7 Å². The third-order valence-electron chi connectivity index (χ3n) is 3.25. The molecule has 2 N–H and O–H groups in total. The standard InChI is InChI=1S/C17H20O2/c1-17(19,12-14-8-4-2-5-9-14)13-16(18)15-10-6-3-7-11-15/h2-11,16,18-19H,12-13H2,1H3. The summed E-state index contributed by atoms with van der Waals surface area (Å²) in [7, 11) is 0. The Morgan fingerprint density at radius 2 is 1.47 bits per heavy atom. The largest absolute Gasteiger partial charge is 0.390 e. The van der Waals surface area contributed by atoms with Crippen molar-refractivity contribution in [1.82, 2.24) is 0 Å². The second-order valence-electron chi connectivity index (χ2n) is 5.29. The lowest BCUT2D eigenvalue weighted by Gasteiger charge is -2.26. The van der Waals surface area contributed by atoms with Crippen molar-refractivity contribution >= 4 is 0 Å². The minimum atomic E-state index is -0.920. The van der Waals surface area contributed by atoms with Crippen LogP contribution in [0.25, 0.3) is 0 Å². The molecule has 0 aromatic heterocycles. The molecule has 0 aliphatic carbocycles. The molecule has 2 aromatic rings. The van der Waals surface area contributed by atoms with Crippen LogP contribution >= 0.6 is 0 Å². The Kier molecular flexibility index (Phi) is 4.35. The van der Waals surface area contributed by atoms with Gasteiger partial charge in [0, 0.05) is 12.8 Å². The Hall–Kier alpha value is -1.64. The highest BCUT2D eigenvalue weighted by Crippen LogP contribution is 2.26. The molecule has 0 fully saturated rings. The zero-order valence-electron chi connectivity index (χ0n) is 11.2. The predicted octanol–water partition coefficient (Wildman–Crippen LogP) is 3.10. The van der Waals surface area contributed by atoms with Crippen LogP contribution in [0.3, 0.4) is 0 Å². The van der Waals surface area contributed by atoms with Gasteiger partial charge in [0.15, 0.2) is 0 Å². The third-order valence-corrected chi connectivity index (χ3v) is 3.25. The normalized spacial score (nSPS) is 15.7. The Morgan fingerprint density at radius 1 is 0.947 bits per heavy atom. The molecular weight excluding hydrogens is 236 g/mol. The molecule has 2 atom stereocenters. The molecule has 2 rings (SSSR count). The summed E-state index contributed by atoms with van der Waals surface area (Å²) in [6.07, 6.45) is 0.226. The summed E-state index contributed by atoms with van der Waals surface area (Å²) < 4.78 is 0. The van der Waals surface area contributed by atoms with Crippen LogP contribution < -0.4 is 0 Å². The fourth-order valence-electron chi connectivity index (χ4n) is 2.32. The van der Waals surface area contributed by atoms with Gasteiger partial charge in [0.25, 0.3) is 0 Å². The van der Waals surface area contributed by atoms with E-state index in [9.17, 15) is 10.2 Å². The summed E-state index contributed by atoms with van der Waals surface area (Å²) >= 11 is 0. The molecule has 0 aliphatic rings. The van der Waals surface area contributed by atoms with E-state index in [4.69, 9.17) is 0 Å². The molecule has 2 nitrogen and oxygen atoms in total. The molecule has 0 bridgehead atoms. The fourth-order valence-corrected chi connectivity index (χ4v) is 2.32. The topological polar surface area (TPSA) is 40.5 Å². The summed E-state index contributed by atoms with van der Waals surface area (Å²) in [5, 5.41) is 20.6. The van der Waals surface area contributed by atoms with Crippen LogP contribution in [0.1, 0.15) is 30.6 Å². The van der Waals surface area contributed by atoms with Gasteiger partial charge in [-0.1, -0.05) is 60.7 Å². The van der Waals surface area contributed by atoms with Crippen LogP contribution in [0, 0.1) is 0 Å². The van der Waals surface area contributed by atoms with E-state index in [0.717, 1.165) is 11.1 Å². The molecule has 0 saturated carbocycles. The van der Waals surface area contributed by atoms with Crippen LogP contribution in [0.2, 0.25) is 0 Å². The van der Waals surface area contributed by atoms with Crippen molar-refractivity contribution in [3.8, 4) is 0 Å². The summed E-state index contributed by atoms with van der Waals surface area (Å²) in [5.74, 6) is 0. The molecule has 2 heteroatoms. The lowest BCUT2D eigenvalue weighted by molar-refractivity contribution is 0.00348. The number of rotatable bonds is 5. The Labute approximate surface area is 114 Å². The average molecular weight is 256 g/mol. The van der Waals surface area contributed by atoms with Crippen LogP contribution in [-0.2, 0) is 6.42 Å². The molecule has 100 valence electrons. The minimum Gasteiger partial charge on any atom is -0.390 e. The first-order valence-electron chi connectivity index (χ1n) is 6.56. The van der Waals surface area contributed by atoms with E-state index in [1.165, 1.54) is 0 Å². The van der Waals surface area contributed by atoms with Crippen molar-refractivity contribution < 1.29 is 10.2 Å². The number of hydrogen-bond donors (Lipinski definition) is 2. The van der Waals surface area contributed by atoms with E-state index in [0.29, 0.717) is 12.8 Å². The summed E-state index contributed by atoms with van der Waals surface area (Å²) in [6.45, 7) is 1.77. The van der Waals surface area contributed by atoms with E-state index in [-0.39, 0.29) is 0 Å². The van der Waals surface area contributed by atoms with Gasteiger partial charge in [-0.25, -0.2) is 0 Å². The van der Waals surface area contributed by atoms with Gasteiger partial charge in [-0.05, 0) is 18.1 Å². The van der Waals surface area contributed by atoms with Crippen molar-refractivity contribution in [2.45, 2.75) is 31.5 Å². The first-order chi connectivity index (χ1) is 9.07. The molecule has 0 spiro atoms. The summed E-state index contributed by atoms with van der Waals surface area (Å²) in [6, 6.07) is 19.3. The molecule has 2 unspecified atom stereocenters. The van der Waals surface area contributed by atoms with Gasteiger partial charge in [-0.15, -0.1) is 0 Å². The number of aliphatic hydroxyl groups is 2. The lowest BCUT2D eigenvalue weighted by Crippen LogP contribution is -2.29. The highest BCUT2D eigenvalue weighted by Gasteiger charge is 2.25.